The first-order valence-corrected chi connectivity index (χ1v) is 9.08. The van der Waals surface area contributed by atoms with Crippen LogP contribution in [0.2, 0.25) is 0 Å². The zero-order valence-electron chi connectivity index (χ0n) is 16.0. The first-order chi connectivity index (χ1) is 12.8. The predicted octanol–water partition coefficient (Wildman–Crippen LogP) is -12.7. The van der Waals surface area contributed by atoms with E-state index in [1.165, 1.54) is 0 Å². The van der Waals surface area contributed by atoms with Gasteiger partial charge in [0.15, 0.2) is 12.6 Å². The number of rotatable bonds is 4. The van der Waals surface area contributed by atoms with Crippen LogP contribution in [0.3, 0.4) is 0 Å². The van der Waals surface area contributed by atoms with Gasteiger partial charge in [-0.15, -0.1) is 0 Å². The van der Waals surface area contributed by atoms with Crippen LogP contribution < -0.4 is 59.1 Å². The molecule has 1 unspecified atom stereocenters. The quantitative estimate of drug-likeness (QED) is 0.104. The Balaban J connectivity index is 0. The first kappa shape index (κ1) is 33.6. The van der Waals surface area contributed by atoms with E-state index in [-0.39, 0.29) is 59.1 Å². The smallest absolute Gasteiger partial charge is 0.759 e. The molecular formula is C12H22Na2O15S. The minimum atomic E-state index is -5.17. The number of hydrogen-bond donors (Lipinski definition) is 8. The van der Waals surface area contributed by atoms with Crippen molar-refractivity contribution in [3.8, 4) is 0 Å². The monoisotopic (exact) mass is 484 g/mol. The topological polar surface area (TPSA) is 270 Å². The average Bonchev–Trinajstić information content (AvgIpc) is 2.60. The van der Waals surface area contributed by atoms with Gasteiger partial charge in [-0.05, 0) is 0 Å². The average molecular weight is 484 g/mol. The van der Waals surface area contributed by atoms with Crippen molar-refractivity contribution in [3.63, 3.8) is 0 Å². The van der Waals surface area contributed by atoms with E-state index in [0.29, 0.717) is 0 Å². The van der Waals surface area contributed by atoms with E-state index in [9.17, 15) is 35.7 Å². The molecular weight excluding hydrogens is 462 g/mol. The molecule has 2 aliphatic rings. The summed E-state index contributed by atoms with van der Waals surface area (Å²) in [5.74, 6) is 0. The Morgan fingerprint density at radius 3 is 1.63 bits per heavy atom. The molecule has 2 heterocycles. The van der Waals surface area contributed by atoms with Crippen LogP contribution >= 0.6 is 0 Å². The van der Waals surface area contributed by atoms with E-state index >= 15 is 0 Å². The molecule has 0 amide bonds. The summed E-state index contributed by atoms with van der Waals surface area (Å²) in [4.78, 5) is 0. The van der Waals surface area contributed by atoms with Gasteiger partial charge in [-0.1, -0.05) is 0 Å². The Labute approximate surface area is 215 Å². The summed E-state index contributed by atoms with van der Waals surface area (Å²) in [5, 5.41) is 76.5. The van der Waals surface area contributed by atoms with Crippen molar-refractivity contribution in [3.05, 3.63) is 0 Å². The summed E-state index contributed by atoms with van der Waals surface area (Å²) in [7, 11) is -5.17. The molecule has 10 atom stereocenters. The summed E-state index contributed by atoms with van der Waals surface area (Å²) in [6.45, 7) is -1.35. The second-order valence-corrected chi connectivity index (χ2v) is 6.75. The Bertz CT molecular complexity index is 570. The molecule has 8 N–H and O–H groups in total. The molecule has 30 heavy (non-hydrogen) atoms. The first-order valence-electron chi connectivity index (χ1n) is 7.75. The van der Waals surface area contributed by atoms with E-state index in [0.717, 1.165) is 0 Å². The maximum absolute atomic E-state index is 9.94. The van der Waals surface area contributed by atoms with Crippen LogP contribution in [0.25, 0.3) is 0 Å². The fourth-order valence-corrected chi connectivity index (χ4v) is 2.57. The number of hydrogen-bond acceptors (Lipinski definition) is 15. The second kappa shape index (κ2) is 14.6. The van der Waals surface area contributed by atoms with E-state index in [4.69, 9.17) is 36.8 Å². The van der Waals surface area contributed by atoms with Crippen LogP contribution in [0.1, 0.15) is 0 Å². The molecule has 168 valence electrons. The molecule has 0 aromatic heterocycles. The normalized spacial score (nSPS) is 41.5. The van der Waals surface area contributed by atoms with E-state index in [1.807, 2.05) is 0 Å². The van der Waals surface area contributed by atoms with Crippen molar-refractivity contribution in [2.75, 3.05) is 13.2 Å². The molecule has 0 spiro atoms. The minimum absolute atomic E-state index is 0. The van der Waals surface area contributed by atoms with Crippen molar-refractivity contribution in [2.45, 2.75) is 61.4 Å². The molecule has 0 aromatic carbocycles. The predicted molar refractivity (Wildman–Crippen MR) is 79.1 cm³/mol. The largest absolute Gasteiger partial charge is 1.00 e. The number of aliphatic hydroxyl groups excluding tert-OH is 8. The standard InChI is InChI=1S/C12H22O11.2Na.H2O4S/c13-1-3-5(15)6(16)9(19)12(22-3)23-10-4(2-14)21-11(20)8(18)7(10)17;;;1-5(2,3)4/h3-20H,1-2H2;;;(H2,1,2,3,4)/q;2*+1;/p-2/t3-,4-,5+,6+,7-,8-,9-,10-,11?,12+;;;/m1.../s1. The maximum atomic E-state index is 9.94. The third kappa shape index (κ3) is 9.74. The van der Waals surface area contributed by atoms with E-state index in [1.54, 1.807) is 0 Å². The SMILES string of the molecule is O=S(=O)([O-])[O-].OC[C@H]1O[C@@H](O[C@H]2[C@H](O)[C@@H](O)C(O)O[C@@H]2CO)[C@H](O)[C@@H](O)[C@H]1O.[Na+].[Na+]. The van der Waals surface area contributed by atoms with Crippen molar-refractivity contribution >= 4 is 10.4 Å². The van der Waals surface area contributed by atoms with Crippen LogP contribution in [0.5, 0.6) is 0 Å². The molecule has 0 saturated carbocycles. The fraction of sp³-hybridized carbons (Fsp3) is 1.00. The van der Waals surface area contributed by atoms with Crippen LogP contribution in [0.15, 0.2) is 0 Å². The summed E-state index contributed by atoms with van der Waals surface area (Å²) in [6, 6.07) is 0. The zero-order chi connectivity index (χ0) is 21.8. The molecule has 0 radical (unpaired) electrons. The summed E-state index contributed by atoms with van der Waals surface area (Å²) < 4.78 is 49.3. The van der Waals surface area contributed by atoms with Gasteiger partial charge in [0.25, 0.3) is 0 Å². The Morgan fingerprint density at radius 2 is 1.20 bits per heavy atom. The molecule has 18 heteroatoms. The molecule has 0 aliphatic carbocycles. The molecule has 2 aliphatic heterocycles. The summed E-state index contributed by atoms with van der Waals surface area (Å²) in [5.41, 5.74) is 0. The van der Waals surface area contributed by atoms with Gasteiger partial charge in [0, 0.05) is 10.4 Å². The van der Waals surface area contributed by atoms with Gasteiger partial charge < -0.3 is 64.2 Å². The summed E-state index contributed by atoms with van der Waals surface area (Å²) in [6.07, 6.45) is -15.6. The third-order valence-corrected chi connectivity index (χ3v) is 3.98. The molecule has 15 nitrogen and oxygen atoms in total. The second-order valence-electron chi connectivity index (χ2n) is 5.94. The zero-order valence-corrected chi connectivity index (χ0v) is 20.8. The third-order valence-electron chi connectivity index (χ3n) is 3.98. The molecule has 0 aromatic rings. The summed E-state index contributed by atoms with van der Waals surface area (Å²) >= 11 is 0. The molecule has 2 fully saturated rings. The van der Waals surface area contributed by atoms with Crippen molar-refractivity contribution < 1.29 is 132 Å². The van der Waals surface area contributed by atoms with E-state index in [2.05, 4.69) is 0 Å². The van der Waals surface area contributed by atoms with Gasteiger partial charge in [0.1, 0.15) is 48.8 Å². The van der Waals surface area contributed by atoms with Gasteiger partial charge in [-0.3, -0.25) is 8.42 Å². The van der Waals surface area contributed by atoms with Gasteiger partial charge >= 0.3 is 59.1 Å². The maximum Gasteiger partial charge on any atom is 1.00 e. The van der Waals surface area contributed by atoms with Crippen LogP contribution in [0.4, 0.5) is 0 Å². The Kier molecular flexibility index (Phi) is 16.4. The van der Waals surface area contributed by atoms with Gasteiger partial charge in [-0.25, -0.2) is 0 Å². The van der Waals surface area contributed by atoms with Crippen molar-refractivity contribution in [2.24, 2.45) is 0 Å². The fourth-order valence-electron chi connectivity index (χ4n) is 2.57. The number of ether oxygens (including phenoxy) is 3. The van der Waals surface area contributed by atoms with Crippen molar-refractivity contribution in [1.29, 1.82) is 0 Å². The molecule has 2 saturated heterocycles. The molecule has 0 bridgehead atoms. The minimum Gasteiger partial charge on any atom is -0.759 e. The Morgan fingerprint density at radius 1 is 0.733 bits per heavy atom. The van der Waals surface area contributed by atoms with Gasteiger partial charge in [0.05, 0.1) is 13.2 Å². The van der Waals surface area contributed by atoms with Gasteiger partial charge in [-0.2, -0.15) is 0 Å². The van der Waals surface area contributed by atoms with E-state index < -0.39 is 85.0 Å². The van der Waals surface area contributed by atoms with Crippen molar-refractivity contribution in [1.82, 2.24) is 0 Å². The van der Waals surface area contributed by atoms with Crippen LogP contribution in [0, 0.1) is 0 Å². The number of aliphatic hydroxyl groups is 8. The van der Waals surface area contributed by atoms with Gasteiger partial charge in [0.2, 0.25) is 0 Å². The van der Waals surface area contributed by atoms with Crippen LogP contribution in [-0.4, -0.2) is 133 Å². The molecule has 2 rings (SSSR count). The Hall–Kier alpha value is 1.43. The van der Waals surface area contributed by atoms with Crippen LogP contribution in [-0.2, 0) is 24.6 Å².